The zero-order chi connectivity index (χ0) is 10.3. The van der Waals surface area contributed by atoms with Crippen LogP contribution in [0.3, 0.4) is 0 Å². The van der Waals surface area contributed by atoms with Gasteiger partial charge in [-0.3, -0.25) is 0 Å². The molecule has 2 aliphatic rings. The van der Waals surface area contributed by atoms with Crippen molar-refractivity contribution < 1.29 is 0 Å². The lowest BCUT2D eigenvalue weighted by molar-refractivity contribution is 0.470. The van der Waals surface area contributed by atoms with Gasteiger partial charge in [0, 0.05) is 10.1 Å². The van der Waals surface area contributed by atoms with Gasteiger partial charge in [-0.2, -0.15) is 0 Å². The summed E-state index contributed by atoms with van der Waals surface area (Å²) in [6, 6.07) is 8.81. The molecule has 15 heavy (non-hydrogen) atoms. The van der Waals surface area contributed by atoms with E-state index in [0.717, 1.165) is 11.8 Å². The monoisotopic (exact) mass is 219 g/mol. The average molecular weight is 219 g/mol. The van der Waals surface area contributed by atoms with Crippen LogP contribution in [0.25, 0.3) is 0 Å². The summed E-state index contributed by atoms with van der Waals surface area (Å²) in [5, 5.41) is 0.786. The first kappa shape index (κ1) is 9.73. The summed E-state index contributed by atoms with van der Waals surface area (Å²) in [7, 11) is 0. The van der Waals surface area contributed by atoms with Gasteiger partial charge in [-0.1, -0.05) is 18.2 Å². The Morgan fingerprint density at radius 3 is 2.80 bits per heavy atom. The molecule has 0 amide bonds. The molecule has 1 saturated carbocycles. The first-order valence-corrected chi connectivity index (χ1v) is 6.64. The maximum absolute atomic E-state index is 5.84. The highest BCUT2D eigenvalue weighted by atomic mass is 32.2. The standard InChI is InChI=1S/C13H17NS/c14-9-13(5-6-13)8-11-7-10-3-1-2-4-12(10)15-11/h1-4,11H,5-9,14H2. The topological polar surface area (TPSA) is 26.0 Å². The molecule has 1 aromatic rings. The smallest absolute Gasteiger partial charge is 0.0141 e. The Balaban J connectivity index is 1.69. The zero-order valence-electron chi connectivity index (χ0n) is 8.91. The fraction of sp³-hybridized carbons (Fsp3) is 0.538. The van der Waals surface area contributed by atoms with Gasteiger partial charge < -0.3 is 5.73 Å². The van der Waals surface area contributed by atoms with Crippen molar-refractivity contribution in [1.82, 2.24) is 0 Å². The van der Waals surface area contributed by atoms with Gasteiger partial charge in [-0.15, -0.1) is 11.8 Å². The lowest BCUT2D eigenvalue weighted by Crippen LogP contribution is -2.20. The summed E-state index contributed by atoms with van der Waals surface area (Å²) in [6.07, 6.45) is 5.29. The maximum Gasteiger partial charge on any atom is 0.0141 e. The van der Waals surface area contributed by atoms with Gasteiger partial charge in [0.15, 0.2) is 0 Å². The quantitative estimate of drug-likeness (QED) is 0.846. The number of hydrogen-bond acceptors (Lipinski definition) is 2. The van der Waals surface area contributed by atoms with Crippen LogP contribution in [-0.4, -0.2) is 11.8 Å². The molecule has 1 atom stereocenters. The second-order valence-electron chi connectivity index (χ2n) is 4.96. The second-order valence-corrected chi connectivity index (χ2v) is 6.30. The van der Waals surface area contributed by atoms with E-state index in [1.54, 1.807) is 5.56 Å². The van der Waals surface area contributed by atoms with Crippen molar-refractivity contribution in [1.29, 1.82) is 0 Å². The van der Waals surface area contributed by atoms with E-state index >= 15 is 0 Å². The number of fused-ring (bicyclic) bond motifs is 1. The van der Waals surface area contributed by atoms with Crippen molar-refractivity contribution in [3.05, 3.63) is 29.8 Å². The summed E-state index contributed by atoms with van der Waals surface area (Å²) < 4.78 is 0. The van der Waals surface area contributed by atoms with E-state index in [1.807, 2.05) is 0 Å². The first-order valence-electron chi connectivity index (χ1n) is 5.76. The molecule has 1 aliphatic heterocycles. The molecular formula is C13H17NS. The summed E-state index contributed by atoms with van der Waals surface area (Å²) in [4.78, 5) is 1.50. The Morgan fingerprint density at radius 2 is 2.13 bits per heavy atom. The highest BCUT2D eigenvalue weighted by Crippen LogP contribution is 2.52. The molecule has 80 valence electrons. The Labute approximate surface area is 95.4 Å². The highest BCUT2D eigenvalue weighted by molar-refractivity contribution is 8.00. The predicted molar refractivity (Wildman–Crippen MR) is 65.1 cm³/mol. The first-order chi connectivity index (χ1) is 7.31. The molecule has 1 unspecified atom stereocenters. The number of benzene rings is 1. The molecule has 3 rings (SSSR count). The summed E-state index contributed by atoms with van der Waals surface area (Å²) in [6.45, 7) is 0.889. The van der Waals surface area contributed by atoms with Crippen molar-refractivity contribution >= 4 is 11.8 Å². The molecule has 2 N–H and O–H groups in total. The lowest BCUT2D eigenvalue weighted by atomic mass is 9.97. The van der Waals surface area contributed by atoms with Gasteiger partial charge in [-0.05, 0) is 49.3 Å². The average Bonchev–Trinajstić information content (AvgIpc) is 2.91. The molecule has 0 aromatic heterocycles. The molecule has 0 spiro atoms. The zero-order valence-corrected chi connectivity index (χ0v) is 9.72. The van der Waals surface area contributed by atoms with Crippen molar-refractivity contribution in [3.63, 3.8) is 0 Å². The van der Waals surface area contributed by atoms with Crippen molar-refractivity contribution in [3.8, 4) is 0 Å². The van der Waals surface area contributed by atoms with Crippen LogP contribution in [0.15, 0.2) is 29.2 Å². The summed E-state index contributed by atoms with van der Waals surface area (Å²) >= 11 is 2.06. The van der Waals surface area contributed by atoms with Crippen LogP contribution < -0.4 is 5.73 Å². The van der Waals surface area contributed by atoms with Crippen LogP contribution in [-0.2, 0) is 6.42 Å². The maximum atomic E-state index is 5.84. The summed E-state index contributed by atoms with van der Waals surface area (Å²) in [5.41, 5.74) is 7.91. The van der Waals surface area contributed by atoms with Crippen molar-refractivity contribution in [2.24, 2.45) is 11.1 Å². The predicted octanol–water partition coefficient (Wildman–Crippen LogP) is 2.83. The Morgan fingerprint density at radius 1 is 1.33 bits per heavy atom. The minimum absolute atomic E-state index is 0.527. The molecule has 0 saturated heterocycles. The lowest BCUT2D eigenvalue weighted by Gasteiger charge is -2.16. The number of nitrogens with two attached hydrogens (primary N) is 1. The Bertz CT molecular complexity index is 346. The molecular weight excluding hydrogens is 202 g/mol. The van der Waals surface area contributed by atoms with Crippen LogP contribution in [0.4, 0.5) is 0 Å². The van der Waals surface area contributed by atoms with Crippen LogP contribution >= 0.6 is 11.8 Å². The van der Waals surface area contributed by atoms with E-state index in [-0.39, 0.29) is 0 Å². The number of rotatable bonds is 3. The van der Waals surface area contributed by atoms with Gasteiger partial charge in [0.1, 0.15) is 0 Å². The number of hydrogen-bond donors (Lipinski definition) is 1. The third-order valence-corrected chi connectivity index (χ3v) is 5.08. The Hall–Kier alpha value is -0.470. The van der Waals surface area contributed by atoms with Gasteiger partial charge in [0.2, 0.25) is 0 Å². The highest BCUT2D eigenvalue weighted by Gasteiger charge is 2.43. The van der Waals surface area contributed by atoms with E-state index in [2.05, 4.69) is 36.0 Å². The van der Waals surface area contributed by atoms with Crippen molar-refractivity contribution in [2.45, 2.75) is 35.8 Å². The van der Waals surface area contributed by atoms with E-state index in [4.69, 9.17) is 5.73 Å². The Kier molecular flexibility index (Phi) is 2.29. The van der Waals surface area contributed by atoms with Crippen LogP contribution in [0.2, 0.25) is 0 Å². The van der Waals surface area contributed by atoms with E-state index in [9.17, 15) is 0 Å². The van der Waals surface area contributed by atoms with E-state index < -0.39 is 0 Å². The molecule has 0 radical (unpaired) electrons. The third-order valence-electron chi connectivity index (χ3n) is 3.76. The molecule has 1 aromatic carbocycles. The molecule has 1 fully saturated rings. The minimum Gasteiger partial charge on any atom is -0.330 e. The van der Waals surface area contributed by atoms with Gasteiger partial charge in [0.25, 0.3) is 0 Å². The van der Waals surface area contributed by atoms with Gasteiger partial charge in [-0.25, -0.2) is 0 Å². The number of thioether (sulfide) groups is 1. The normalized spacial score (nSPS) is 26.3. The van der Waals surface area contributed by atoms with Crippen molar-refractivity contribution in [2.75, 3.05) is 6.54 Å². The van der Waals surface area contributed by atoms with Crippen LogP contribution in [0, 0.1) is 5.41 Å². The van der Waals surface area contributed by atoms with Gasteiger partial charge >= 0.3 is 0 Å². The fourth-order valence-corrected chi connectivity index (χ4v) is 4.04. The fourth-order valence-electron chi connectivity index (χ4n) is 2.52. The van der Waals surface area contributed by atoms with Gasteiger partial charge in [0.05, 0.1) is 0 Å². The molecule has 0 bridgehead atoms. The van der Waals surface area contributed by atoms with E-state index in [0.29, 0.717) is 5.41 Å². The molecule has 1 aliphatic carbocycles. The minimum atomic E-state index is 0.527. The van der Waals surface area contributed by atoms with Crippen LogP contribution in [0.5, 0.6) is 0 Å². The SMILES string of the molecule is NCC1(CC2Cc3ccccc3S2)CC1. The molecule has 2 heteroatoms. The van der Waals surface area contributed by atoms with E-state index in [1.165, 1.54) is 30.6 Å². The second kappa shape index (κ2) is 3.53. The molecule has 1 heterocycles. The van der Waals surface area contributed by atoms with Crippen LogP contribution in [0.1, 0.15) is 24.8 Å². The molecule has 1 nitrogen and oxygen atoms in total. The summed E-state index contributed by atoms with van der Waals surface area (Å²) in [5.74, 6) is 0. The third kappa shape index (κ3) is 1.81. The largest absolute Gasteiger partial charge is 0.330 e.